The van der Waals surface area contributed by atoms with Crippen LogP contribution in [0.1, 0.15) is 26.1 Å². The minimum Gasteiger partial charge on any atom is -0.369 e. The molecule has 6 nitrogen and oxygen atoms in total. The van der Waals surface area contributed by atoms with Gasteiger partial charge < -0.3 is 4.90 Å². The third kappa shape index (κ3) is 4.30. The third-order valence-corrected chi connectivity index (χ3v) is 5.26. The van der Waals surface area contributed by atoms with Gasteiger partial charge in [-0.05, 0) is 31.5 Å². The molecule has 2 heterocycles. The van der Waals surface area contributed by atoms with Crippen LogP contribution in [0.3, 0.4) is 0 Å². The predicted octanol–water partition coefficient (Wildman–Crippen LogP) is 2.49. The number of hydrogen-bond acceptors (Lipinski definition) is 4. The Balaban J connectivity index is 1.47. The highest BCUT2D eigenvalue weighted by Crippen LogP contribution is 2.20. The number of hydrogen-bond donors (Lipinski definition) is 0. The lowest BCUT2D eigenvalue weighted by molar-refractivity contribution is 0.248. The Hall–Kier alpha value is -1.79. The van der Waals surface area contributed by atoms with E-state index in [0.717, 1.165) is 56.4 Å². The zero-order chi connectivity index (χ0) is 18.5. The van der Waals surface area contributed by atoms with Crippen molar-refractivity contribution < 1.29 is 0 Å². The second-order valence-corrected chi connectivity index (χ2v) is 7.12. The van der Waals surface area contributed by atoms with E-state index in [0.29, 0.717) is 13.1 Å². The van der Waals surface area contributed by atoms with E-state index in [1.807, 2.05) is 32.0 Å². The van der Waals surface area contributed by atoms with Crippen LogP contribution in [0.5, 0.6) is 0 Å². The van der Waals surface area contributed by atoms with Crippen molar-refractivity contribution in [2.45, 2.75) is 39.8 Å². The summed E-state index contributed by atoms with van der Waals surface area (Å²) in [6, 6.07) is 8.05. The summed E-state index contributed by atoms with van der Waals surface area (Å²) >= 11 is 6.09. The average Bonchev–Trinajstić information content (AvgIpc) is 2.97. The maximum absolute atomic E-state index is 12.3. The molecule has 0 aliphatic carbocycles. The third-order valence-electron chi connectivity index (χ3n) is 5.02. The second kappa shape index (κ2) is 8.73. The first-order valence-corrected chi connectivity index (χ1v) is 9.89. The average molecular weight is 381 g/mol. The lowest BCUT2D eigenvalue weighted by Gasteiger charge is -2.36. The van der Waals surface area contributed by atoms with E-state index in [9.17, 15) is 4.79 Å². The summed E-state index contributed by atoms with van der Waals surface area (Å²) in [5.74, 6) is 0.882. The normalized spacial score (nSPS) is 15.6. The molecule has 1 fully saturated rings. The number of aryl methyl sites for hydroxylation is 2. The summed E-state index contributed by atoms with van der Waals surface area (Å²) in [5, 5.41) is 5.26. The highest BCUT2D eigenvalue weighted by atomic mass is 35.5. The molecule has 1 saturated heterocycles. The predicted molar refractivity (Wildman–Crippen MR) is 106 cm³/mol. The number of halogens is 1. The SMILES string of the molecule is CCn1c(=O)n(CCCN2CCN(c3cccc(Cl)c3)CC2)n[13c]1[13CH2][13CH3]. The van der Waals surface area contributed by atoms with Crippen LogP contribution in [0.4, 0.5) is 5.69 Å². The van der Waals surface area contributed by atoms with Gasteiger partial charge in [0, 0.05) is 62.9 Å². The minimum atomic E-state index is 0.0233. The standard InChI is InChI=1S/C19H28ClN5O/c1-3-18-21-25(19(26)24(18)4-2)10-6-9-22-11-13-23(14-12-22)17-8-5-7-16(20)15-17/h5,7-8,15H,3-4,6,9-14H2,1-2H3/i1+1,3+1,18+1. The fraction of sp³-hybridized carbons (Fsp3) is 0.579. The van der Waals surface area contributed by atoms with E-state index in [2.05, 4.69) is 21.0 Å². The van der Waals surface area contributed by atoms with E-state index in [-0.39, 0.29) is 5.69 Å². The molecule has 0 N–H and O–H groups in total. The Morgan fingerprint density at radius 2 is 1.88 bits per heavy atom. The number of aromatic nitrogens is 3. The summed E-state index contributed by atoms with van der Waals surface area (Å²) in [4.78, 5) is 17.2. The van der Waals surface area contributed by atoms with Gasteiger partial charge in [0.05, 0.1) is 0 Å². The van der Waals surface area contributed by atoms with Crippen molar-refractivity contribution in [1.82, 2.24) is 19.2 Å². The molecule has 0 bridgehead atoms. The Bertz CT molecular complexity index is 776. The first-order valence-electron chi connectivity index (χ1n) is 9.51. The quantitative estimate of drug-likeness (QED) is 0.692. The van der Waals surface area contributed by atoms with Gasteiger partial charge in [-0.15, -0.1) is 0 Å². The maximum atomic E-state index is 12.3. The molecule has 1 aliphatic rings. The van der Waals surface area contributed by atoms with Crippen LogP contribution in [0.15, 0.2) is 29.1 Å². The van der Waals surface area contributed by atoms with Gasteiger partial charge in [0.2, 0.25) is 0 Å². The van der Waals surface area contributed by atoms with Crippen molar-refractivity contribution in [3.63, 3.8) is 0 Å². The minimum absolute atomic E-state index is 0.0233. The first kappa shape index (κ1) is 19.0. The van der Waals surface area contributed by atoms with Crippen molar-refractivity contribution in [3.8, 4) is 0 Å². The van der Waals surface area contributed by atoms with Crippen LogP contribution < -0.4 is 10.6 Å². The highest BCUT2D eigenvalue weighted by molar-refractivity contribution is 6.30. The summed E-state index contributed by atoms with van der Waals surface area (Å²) in [7, 11) is 0. The number of anilines is 1. The van der Waals surface area contributed by atoms with E-state index in [4.69, 9.17) is 11.6 Å². The fourth-order valence-electron chi connectivity index (χ4n) is 3.56. The largest absolute Gasteiger partial charge is 0.369 e. The Morgan fingerprint density at radius 3 is 2.50 bits per heavy atom. The Kier molecular flexibility index (Phi) is 6.38. The monoisotopic (exact) mass is 380 g/mol. The molecule has 142 valence electrons. The van der Waals surface area contributed by atoms with Crippen LogP contribution in [0, 0.1) is 0 Å². The smallest absolute Gasteiger partial charge is 0.345 e. The van der Waals surface area contributed by atoms with Crippen LogP contribution in [0.25, 0.3) is 0 Å². The van der Waals surface area contributed by atoms with Crippen molar-refractivity contribution in [2.75, 3.05) is 37.6 Å². The van der Waals surface area contributed by atoms with Gasteiger partial charge in [-0.3, -0.25) is 9.47 Å². The molecule has 3 rings (SSSR count). The van der Waals surface area contributed by atoms with Crippen molar-refractivity contribution in [3.05, 3.63) is 45.6 Å². The summed E-state index contributed by atoms with van der Waals surface area (Å²) < 4.78 is 3.40. The fourth-order valence-corrected chi connectivity index (χ4v) is 3.74. The van der Waals surface area contributed by atoms with E-state index in [1.54, 1.807) is 9.25 Å². The zero-order valence-corrected chi connectivity index (χ0v) is 16.5. The van der Waals surface area contributed by atoms with E-state index < -0.39 is 0 Å². The van der Waals surface area contributed by atoms with Crippen molar-refractivity contribution in [2.24, 2.45) is 0 Å². The molecule has 1 aliphatic heterocycles. The molecule has 1 aromatic carbocycles. The van der Waals surface area contributed by atoms with Gasteiger partial charge in [0.25, 0.3) is 0 Å². The van der Waals surface area contributed by atoms with Crippen LogP contribution in [-0.4, -0.2) is 52.0 Å². The highest BCUT2D eigenvalue weighted by Gasteiger charge is 2.17. The van der Waals surface area contributed by atoms with Gasteiger partial charge in [0.1, 0.15) is 5.82 Å². The van der Waals surface area contributed by atoms with Gasteiger partial charge in [0.15, 0.2) is 0 Å². The molecule has 0 amide bonds. The molecule has 0 spiro atoms. The molecule has 0 radical (unpaired) electrons. The summed E-state index contributed by atoms with van der Waals surface area (Å²) in [6.07, 6.45) is 1.74. The van der Waals surface area contributed by atoms with E-state index >= 15 is 0 Å². The van der Waals surface area contributed by atoms with Gasteiger partial charge >= 0.3 is 5.69 Å². The Labute approximate surface area is 160 Å². The van der Waals surface area contributed by atoms with Crippen LogP contribution in [-0.2, 0) is 19.5 Å². The van der Waals surface area contributed by atoms with Crippen LogP contribution >= 0.6 is 11.6 Å². The van der Waals surface area contributed by atoms with E-state index in [1.165, 1.54) is 5.69 Å². The molecule has 0 unspecified atom stereocenters. The molecule has 1 aromatic heterocycles. The zero-order valence-electron chi connectivity index (χ0n) is 15.7. The molecular formula is C19H28ClN5O. The van der Waals surface area contributed by atoms with Crippen LogP contribution in [0.2, 0.25) is 5.02 Å². The topological polar surface area (TPSA) is 46.3 Å². The van der Waals surface area contributed by atoms with Gasteiger partial charge in [-0.1, -0.05) is 24.6 Å². The lowest BCUT2D eigenvalue weighted by atomic mass is 10.2. The van der Waals surface area contributed by atoms with Gasteiger partial charge in [-0.2, -0.15) is 5.10 Å². The molecule has 7 heteroatoms. The number of nitrogens with zero attached hydrogens (tertiary/aromatic N) is 5. The Morgan fingerprint density at radius 1 is 1.12 bits per heavy atom. The lowest BCUT2D eigenvalue weighted by Crippen LogP contribution is -2.46. The van der Waals surface area contributed by atoms with Gasteiger partial charge in [-0.25, -0.2) is 9.48 Å². The maximum Gasteiger partial charge on any atom is 0.345 e. The molecule has 0 atom stereocenters. The van der Waals surface area contributed by atoms with Crippen molar-refractivity contribution >= 4 is 17.3 Å². The molecule has 0 saturated carbocycles. The summed E-state index contributed by atoms with van der Waals surface area (Å²) in [6.45, 7) is 10.5. The molecular weight excluding hydrogens is 353 g/mol. The first-order chi connectivity index (χ1) is 12.6. The number of benzene rings is 1. The van der Waals surface area contributed by atoms with Crippen molar-refractivity contribution in [1.29, 1.82) is 0 Å². The summed E-state index contributed by atoms with van der Waals surface area (Å²) in [5.41, 5.74) is 1.22. The number of rotatable bonds is 7. The second-order valence-electron chi connectivity index (χ2n) is 6.68. The molecule has 26 heavy (non-hydrogen) atoms. The number of piperazine rings is 1. The molecule has 2 aromatic rings.